The fourth-order valence-corrected chi connectivity index (χ4v) is 3.06. The normalized spacial score (nSPS) is 12.0. The van der Waals surface area contributed by atoms with Gasteiger partial charge in [0.2, 0.25) is 5.91 Å². The van der Waals surface area contributed by atoms with Gasteiger partial charge in [-0.2, -0.15) is 18.2 Å². The fourth-order valence-electron chi connectivity index (χ4n) is 3.06. The number of halogens is 3. The molecule has 0 atom stereocenters. The van der Waals surface area contributed by atoms with Crippen LogP contribution in [-0.4, -0.2) is 27.3 Å². The molecule has 0 aliphatic carbocycles. The molecule has 0 radical (unpaired) electrons. The number of hydrogen-bond donors (Lipinski definition) is 1. The third-order valence-electron chi connectivity index (χ3n) is 4.40. The van der Waals surface area contributed by atoms with Crippen LogP contribution >= 0.6 is 0 Å². The van der Waals surface area contributed by atoms with E-state index in [4.69, 9.17) is 4.74 Å². The lowest BCUT2D eigenvalue weighted by molar-refractivity contribution is -0.137. The molecule has 0 aliphatic rings. The monoisotopic (exact) mass is 446 g/mol. The minimum absolute atomic E-state index is 0.101. The van der Waals surface area contributed by atoms with Crippen LogP contribution < -0.4 is 10.1 Å². The Morgan fingerprint density at radius 3 is 2.38 bits per heavy atom. The number of nitrogens with zero attached hydrogens (tertiary/aromatic N) is 3. The number of rotatable bonds is 6. The highest BCUT2D eigenvalue weighted by Gasteiger charge is 2.30. The Labute approximate surface area is 184 Å². The molecule has 0 fully saturated rings. The third-order valence-corrected chi connectivity index (χ3v) is 4.40. The van der Waals surface area contributed by atoms with Crippen molar-refractivity contribution in [2.24, 2.45) is 5.41 Å². The molecule has 170 valence electrons. The summed E-state index contributed by atoms with van der Waals surface area (Å²) in [6.07, 6.45) is -4.08. The molecule has 1 heterocycles. The van der Waals surface area contributed by atoms with Gasteiger partial charge in [-0.05, 0) is 42.7 Å². The van der Waals surface area contributed by atoms with E-state index < -0.39 is 11.7 Å². The Kier molecular flexibility index (Phi) is 6.57. The second-order valence-electron chi connectivity index (χ2n) is 8.47. The lowest BCUT2D eigenvalue weighted by Gasteiger charge is -2.17. The van der Waals surface area contributed by atoms with Gasteiger partial charge >= 0.3 is 12.2 Å². The van der Waals surface area contributed by atoms with Crippen LogP contribution in [0.2, 0.25) is 0 Å². The predicted octanol–water partition coefficient (Wildman–Crippen LogP) is 5.73. The smallest absolute Gasteiger partial charge is 0.416 e. The molecule has 3 aromatic rings. The molecule has 32 heavy (non-hydrogen) atoms. The summed E-state index contributed by atoms with van der Waals surface area (Å²) in [4.78, 5) is 16.6. The number of carbonyl (C=O) groups excluding carboxylic acids is 1. The first-order chi connectivity index (χ1) is 15.0. The molecule has 0 saturated heterocycles. The van der Waals surface area contributed by atoms with E-state index in [2.05, 4.69) is 15.4 Å². The molecule has 0 bridgehead atoms. The van der Waals surface area contributed by atoms with E-state index in [1.807, 2.05) is 20.8 Å². The van der Waals surface area contributed by atoms with E-state index in [1.54, 1.807) is 31.2 Å². The van der Waals surface area contributed by atoms with Crippen LogP contribution in [-0.2, 0) is 11.0 Å². The summed E-state index contributed by atoms with van der Waals surface area (Å²) in [6, 6.07) is 11.8. The molecule has 1 N–H and O–H groups in total. The van der Waals surface area contributed by atoms with Crippen LogP contribution in [0.25, 0.3) is 17.1 Å². The number of alkyl halides is 3. The van der Waals surface area contributed by atoms with Gasteiger partial charge in [0.15, 0.2) is 5.82 Å². The Bertz CT molecular complexity index is 1080. The Morgan fingerprint density at radius 2 is 1.78 bits per heavy atom. The molecule has 1 amide bonds. The quantitative estimate of drug-likeness (QED) is 0.525. The maximum absolute atomic E-state index is 12.9. The fraction of sp³-hybridized carbons (Fsp3) is 0.348. The first kappa shape index (κ1) is 23.3. The summed E-state index contributed by atoms with van der Waals surface area (Å²) in [5.41, 5.74) is 0.686. The summed E-state index contributed by atoms with van der Waals surface area (Å²) in [5.74, 6) is 0.201. The van der Waals surface area contributed by atoms with E-state index >= 15 is 0 Å². The number of aromatic nitrogens is 3. The number of benzene rings is 2. The van der Waals surface area contributed by atoms with Crippen molar-refractivity contribution in [1.29, 1.82) is 0 Å². The molecule has 0 aliphatic heterocycles. The Morgan fingerprint density at radius 1 is 1.09 bits per heavy atom. The molecule has 9 heteroatoms. The molecule has 6 nitrogen and oxygen atoms in total. The largest absolute Gasteiger partial charge is 0.463 e. The SMILES string of the molecule is CCOc1nc(-c2ccc(C(F)(F)F)cc2)n(-c2cccc(NC(=O)CC(C)(C)C)c2)n1. The number of amides is 1. The predicted molar refractivity (Wildman–Crippen MR) is 116 cm³/mol. The van der Waals surface area contributed by atoms with Gasteiger partial charge in [-0.1, -0.05) is 39.0 Å². The molecular formula is C23H25F3N4O2. The van der Waals surface area contributed by atoms with Gasteiger partial charge in [0.25, 0.3) is 0 Å². The number of carbonyl (C=O) groups is 1. The highest BCUT2D eigenvalue weighted by molar-refractivity contribution is 5.91. The van der Waals surface area contributed by atoms with E-state index in [0.29, 0.717) is 35.8 Å². The van der Waals surface area contributed by atoms with Crippen molar-refractivity contribution < 1.29 is 22.7 Å². The van der Waals surface area contributed by atoms with Crippen LogP contribution in [0, 0.1) is 5.41 Å². The van der Waals surface area contributed by atoms with Crippen LogP contribution in [0.1, 0.15) is 39.7 Å². The second kappa shape index (κ2) is 9.02. The van der Waals surface area contributed by atoms with Gasteiger partial charge in [0, 0.05) is 17.7 Å². The third kappa shape index (κ3) is 5.87. The van der Waals surface area contributed by atoms with E-state index in [1.165, 1.54) is 16.8 Å². The summed E-state index contributed by atoms with van der Waals surface area (Å²) in [7, 11) is 0. The number of ether oxygens (including phenoxy) is 1. The molecule has 3 rings (SSSR count). The maximum atomic E-state index is 12.9. The van der Waals surface area contributed by atoms with Crippen molar-refractivity contribution in [1.82, 2.24) is 14.8 Å². The summed E-state index contributed by atoms with van der Waals surface area (Å²) in [5, 5.41) is 7.21. The van der Waals surface area contributed by atoms with Crippen molar-refractivity contribution in [2.45, 2.75) is 40.3 Å². The number of anilines is 1. The van der Waals surface area contributed by atoms with Crippen molar-refractivity contribution in [3.63, 3.8) is 0 Å². The van der Waals surface area contributed by atoms with Crippen LogP contribution in [0.3, 0.4) is 0 Å². The molecular weight excluding hydrogens is 421 g/mol. The van der Waals surface area contributed by atoms with Crippen molar-refractivity contribution in [2.75, 3.05) is 11.9 Å². The first-order valence-corrected chi connectivity index (χ1v) is 10.1. The molecule has 2 aromatic carbocycles. The van der Waals surface area contributed by atoms with Gasteiger partial charge in [-0.15, -0.1) is 5.10 Å². The average Bonchev–Trinajstić information content (AvgIpc) is 3.10. The molecule has 0 unspecified atom stereocenters. The maximum Gasteiger partial charge on any atom is 0.416 e. The Hall–Kier alpha value is -3.36. The zero-order chi connectivity index (χ0) is 23.5. The zero-order valence-corrected chi connectivity index (χ0v) is 18.3. The van der Waals surface area contributed by atoms with Crippen molar-refractivity contribution in [3.8, 4) is 23.1 Å². The summed E-state index contributed by atoms with van der Waals surface area (Å²) >= 11 is 0. The Balaban J connectivity index is 1.96. The summed E-state index contributed by atoms with van der Waals surface area (Å²) in [6.45, 7) is 8.04. The van der Waals surface area contributed by atoms with E-state index in [9.17, 15) is 18.0 Å². The van der Waals surface area contributed by atoms with E-state index in [-0.39, 0.29) is 17.3 Å². The second-order valence-corrected chi connectivity index (χ2v) is 8.47. The first-order valence-electron chi connectivity index (χ1n) is 10.1. The van der Waals surface area contributed by atoms with Crippen LogP contribution in [0.15, 0.2) is 48.5 Å². The molecule has 0 saturated carbocycles. The van der Waals surface area contributed by atoms with Crippen LogP contribution in [0.4, 0.5) is 18.9 Å². The highest BCUT2D eigenvalue weighted by Crippen LogP contribution is 2.32. The lowest BCUT2D eigenvalue weighted by atomic mass is 9.92. The number of hydrogen-bond acceptors (Lipinski definition) is 4. The topological polar surface area (TPSA) is 69.0 Å². The number of nitrogens with one attached hydrogen (secondary N) is 1. The highest BCUT2D eigenvalue weighted by atomic mass is 19.4. The standard InChI is InChI=1S/C23H25F3N4O2/c1-5-32-21-28-20(15-9-11-16(12-10-15)23(24,25)26)30(29-21)18-8-6-7-17(13-18)27-19(31)14-22(2,3)4/h6-13H,5,14H2,1-4H3,(H,27,31). The summed E-state index contributed by atoms with van der Waals surface area (Å²) < 4.78 is 45.7. The van der Waals surface area contributed by atoms with Crippen molar-refractivity contribution in [3.05, 3.63) is 54.1 Å². The molecule has 0 spiro atoms. The molecule has 1 aromatic heterocycles. The van der Waals surface area contributed by atoms with Crippen molar-refractivity contribution >= 4 is 11.6 Å². The lowest BCUT2D eigenvalue weighted by Crippen LogP contribution is -2.19. The zero-order valence-electron chi connectivity index (χ0n) is 18.3. The average molecular weight is 446 g/mol. The van der Waals surface area contributed by atoms with Gasteiger partial charge in [-0.3, -0.25) is 4.79 Å². The minimum atomic E-state index is -4.43. The van der Waals surface area contributed by atoms with Gasteiger partial charge in [0.1, 0.15) is 0 Å². The van der Waals surface area contributed by atoms with Crippen LogP contribution in [0.5, 0.6) is 6.01 Å². The van der Waals surface area contributed by atoms with Gasteiger partial charge in [0.05, 0.1) is 17.9 Å². The van der Waals surface area contributed by atoms with Gasteiger partial charge in [-0.25, -0.2) is 4.68 Å². The minimum Gasteiger partial charge on any atom is -0.463 e. The van der Waals surface area contributed by atoms with Gasteiger partial charge < -0.3 is 10.1 Å². The van der Waals surface area contributed by atoms with E-state index in [0.717, 1.165) is 12.1 Å².